The SMILES string of the molecule is O=C(NO)C(CCCc1cccc(Oc2ccccc2)c1)P(=O)([O-])[O-].[K+].[K+]. The summed E-state index contributed by atoms with van der Waals surface area (Å²) in [6.07, 6.45) is 0.586. The average molecular weight is 442 g/mol. The third-order valence-corrected chi connectivity index (χ3v) is 4.87. The predicted octanol–water partition coefficient (Wildman–Crippen LogP) is -4.40. The van der Waals surface area contributed by atoms with E-state index in [-0.39, 0.29) is 109 Å². The van der Waals surface area contributed by atoms with Gasteiger partial charge in [0.05, 0.1) is 5.66 Å². The van der Waals surface area contributed by atoms with Crippen LogP contribution in [0, 0.1) is 0 Å². The van der Waals surface area contributed by atoms with E-state index in [1.165, 1.54) is 5.48 Å². The number of hydrogen-bond acceptors (Lipinski definition) is 6. The number of carbonyl (C=O) groups is 1. The van der Waals surface area contributed by atoms with Crippen molar-refractivity contribution in [2.45, 2.75) is 24.9 Å². The summed E-state index contributed by atoms with van der Waals surface area (Å²) < 4.78 is 16.8. The average Bonchev–Trinajstić information content (AvgIpc) is 2.58. The Balaban J connectivity index is 0.00000338. The number of nitrogens with one attached hydrogen (secondary N) is 1. The quantitative estimate of drug-likeness (QED) is 0.185. The first-order valence-electron chi connectivity index (χ1n) is 7.67. The fraction of sp³-hybridized carbons (Fsp3) is 0.235. The minimum absolute atomic E-state index is 0. The number of ether oxygens (including phenoxy) is 1. The Labute approximate surface area is 243 Å². The van der Waals surface area contributed by atoms with Crippen molar-refractivity contribution in [3.8, 4) is 11.5 Å². The molecule has 2 N–H and O–H groups in total. The van der Waals surface area contributed by atoms with E-state index >= 15 is 0 Å². The molecule has 2 rings (SSSR count). The van der Waals surface area contributed by atoms with E-state index in [1.54, 1.807) is 12.1 Å². The van der Waals surface area contributed by atoms with Crippen molar-refractivity contribution in [2.75, 3.05) is 0 Å². The summed E-state index contributed by atoms with van der Waals surface area (Å²) in [4.78, 5) is 33.5. The third-order valence-electron chi connectivity index (χ3n) is 3.61. The maximum absolute atomic E-state index is 11.3. The monoisotopic (exact) mass is 441 g/mol. The van der Waals surface area contributed by atoms with Crippen LogP contribution in [0.25, 0.3) is 0 Å². The smallest absolute Gasteiger partial charge is 0.810 e. The van der Waals surface area contributed by atoms with Crippen molar-refractivity contribution in [3.63, 3.8) is 0 Å². The van der Waals surface area contributed by atoms with Crippen LogP contribution in [0.15, 0.2) is 54.6 Å². The number of carbonyl (C=O) groups excluding carboxylic acids is 1. The molecule has 1 atom stereocenters. The number of hydrogen-bond donors (Lipinski definition) is 2. The molecule has 10 heteroatoms. The molecule has 0 saturated heterocycles. The molecule has 7 nitrogen and oxygen atoms in total. The second-order valence-electron chi connectivity index (χ2n) is 5.49. The van der Waals surface area contributed by atoms with Gasteiger partial charge in [0.1, 0.15) is 11.5 Å². The van der Waals surface area contributed by atoms with Crippen molar-refractivity contribution in [3.05, 3.63) is 60.2 Å². The van der Waals surface area contributed by atoms with Gasteiger partial charge in [-0.2, -0.15) is 0 Å². The zero-order chi connectivity index (χ0) is 18.3. The van der Waals surface area contributed by atoms with Gasteiger partial charge < -0.3 is 19.1 Å². The summed E-state index contributed by atoms with van der Waals surface area (Å²) in [6, 6.07) is 16.5. The van der Waals surface area contributed by atoms with Crippen LogP contribution in [0.1, 0.15) is 18.4 Å². The first-order valence-corrected chi connectivity index (χ1v) is 9.29. The van der Waals surface area contributed by atoms with Crippen LogP contribution < -0.4 is 123 Å². The zero-order valence-electron chi connectivity index (χ0n) is 15.3. The van der Waals surface area contributed by atoms with Crippen molar-refractivity contribution in [2.24, 2.45) is 0 Å². The summed E-state index contributed by atoms with van der Waals surface area (Å²) in [5, 5.41) is 8.55. The van der Waals surface area contributed by atoms with Crippen LogP contribution >= 0.6 is 7.60 Å². The molecule has 27 heavy (non-hydrogen) atoms. The van der Waals surface area contributed by atoms with Crippen LogP contribution in [-0.4, -0.2) is 16.8 Å². The van der Waals surface area contributed by atoms with Crippen LogP contribution in [0.3, 0.4) is 0 Å². The van der Waals surface area contributed by atoms with Gasteiger partial charge in [-0.1, -0.05) is 37.9 Å². The number of amides is 1. The third kappa shape index (κ3) is 10.1. The summed E-state index contributed by atoms with van der Waals surface area (Å²) >= 11 is 0. The van der Waals surface area contributed by atoms with E-state index in [9.17, 15) is 19.1 Å². The Kier molecular flexibility index (Phi) is 14.7. The van der Waals surface area contributed by atoms with E-state index in [0.29, 0.717) is 24.3 Å². The van der Waals surface area contributed by atoms with Gasteiger partial charge in [-0.15, -0.1) is 0 Å². The van der Waals surface area contributed by atoms with Crippen molar-refractivity contribution < 1.29 is 132 Å². The summed E-state index contributed by atoms with van der Waals surface area (Å²) in [6.45, 7) is 0. The van der Waals surface area contributed by atoms with E-state index in [1.807, 2.05) is 42.5 Å². The molecule has 1 amide bonds. The molecule has 0 heterocycles. The predicted molar refractivity (Wildman–Crippen MR) is 87.2 cm³/mol. The molecule has 1 unspecified atom stereocenters. The minimum atomic E-state index is -5.12. The topological polar surface area (TPSA) is 122 Å². The van der Waals surface area contributed by atoms with Gasteiger partial charge >= 0.3 is 103 Å². The molecule has 0 aliphatic rings. The normalized spacial score (nSPS) is 11.5. The molecular formula is C17H18K2NO6P. The number of para-hydroxylation sites is 1. The van der Waals surface area contributed by atoms with Crippen molar-refractivity contribution >= 4 is 13.5 Å². The fourth-order valence-electron chi connectivity index (χ4n) is 2.40. The fourth-order valence-corrected chi connectivity index (χ4v) is 3.24. The van der Waals surface area contributed by atoms with Gasteiger partial charge in [-0.05, 0) is 49.1 Å². The first kappa shape index (κ1) is 28.1. The molecular weight excluding hydrogens is 423 g/mol. The van der Waals surface area contributed by atoms with Crippen molar-refractivity contribution in [1.82, 2.24) is 5.48 Å². The van der Waals surface area contributed by atoms with Gasteiger partial charge in [0.2, 0.25) is 0 Å². The first-order chi connectivity index (χ1) is 11.9. The van der Waals surface area contributed by atoms with Crippen LogP contribution in [0.2, 0.25) is 0 Å². The molecule has 0 aliphatic carbocycles. The number of hydroxylamine groups is 1. The Morgan fingerprint density at radius 3 is 2.30 bits per heavy atom. The number of benzene rings is 2. The number of aryl methyl sites for hydroxylation is 1. The molecule has 0 aliphatic heterocycles. The molecule has 0 radical (unpaired) electrons. The molecule has 0 aromatic heterocycles. The van der Waals surface area contributed by atoms with Gasteiger partial charge in [0.15, 0.2) is 0 Å². The molecule has 0 spiro atoms. The van der Waals surface area contributed by atoms with Gasteiger partial charge in [0, 0.05) is 0 Å². The largest absolute Gasteiger partial charge is 1.00 e. The molecule has 0 bridgehead atoms. The van der Waals surface area contributed by atoms with E-state index in [2.05, 4.69) is 0 Å². The van der Waals surface area contributed by atoms with Crippen LogP contribution in [0.5, 0.6) is 11.5 Å². The van der Waals surface area contributed by atoms with E-state index < -0.39 is 19.2 Å². The summed E-state index contributed by atoms with van der Waals surface area (Å²) in [7, 11) is -5.12. The molecule has 2 aromatic rings. The molecule has 0 fully saturated rings. The van der Waals surface area contributed by atoms with Crippen LogP contribution in [0.4, 0.5) is 0 Å². The Morgan fingerprint density at radius 1 is 1.07 bits per heavy atom. The molecule has 134 valence electrons. The minimum Gasteiger partial charge on any atom is -0.810 e. The Bertz CT molecular complexity index is 756. The standard InChI is InChI=1S/C17H20NO6P.2K/c19-17(18-20)16(25(21,22)23)11-5-7-13-6-4-10-15(12-13)24-14-8-2-1-3-9-14;;/h1-4,6,8-10,12,16,20H,5,7,11H2,(H,18,19)(H2,21,22,23);;/q;2*+1/p-2. The summed E-state index contributed by atoms with van der Waals surface area (Å²) in [5.41, 5.74) is 0.327. The summed E-state index contributed by atoms with van der Waals surface area (Å²) in [5.74, 6) is 0.124. The zero-order valence-corrected chi connectivity index (χ0v) is 22.5. The van der Waals surface area contributed by atoms with Gasteiger partial charge in [0.25, 0.3) is 5.91 Å². The maximum atomic E-state index is 11.3. The van der Waals surface area contributed by atoms with Crippen LogP contribution in [-0.2, 0) is 15.8 Å². The number of rotatable bonds is 8. The van der Waals surface area contributed by atoms with E-state index in [4.69, 9.17) is 9.94 Å². The maximum Gasteiger partial charge on any atom is 1.00 e. The van der Waals surface area contributed by atoms with Gasteiger partial charge in [-0.3, -0.25) is 10.0 Å². The second kappa shape index (κ2) is 14.2. The van der Waals surface area contributed by atoms with E-state index in [0.717, 1.165) is 5.56 Å². The Morgan fingerprint density at radius 2 is 1.70 bits per heavy atom. The van der Waals surface area contributed by atoms with Gasteiger partial charge in [-0.25, -0.2) is 5.48 Å². The van der Waals surface area contributed by atoms with Crippen molar-refractivity contribution in [1.29, 1.82) is 0 Å². The second-order valence-corrected chi connectivity index (χ2v) is 7.19. The molecule has 0 saturated carbocycles. The Hall–Kier alpha value is 1.09. The molecule has 2 aromatic carbocycles.